The topological polar surface area (TPSA) is 134 Å². The molecule has 120 valence electrons. The maximum absolute atomic E-state index is 9.35. The van der Waals surface area contributed by atoms with Crippen molar-refractivity contribution in [1.29, 1.82) is 0 Å². The fourth-order valence-corrected chi connectivity index (χ4v) is 2.60. The van der Waals surface area contributed by atoms with E-state index in [9.17, 15) is 5.11 Å². The fourth-order valence-electron chi connectivity index (χ4n) is 2.60. The molecule has 10 heteroatoms. The minimum absolute atomic E-state index is 0.214. The van der Waals surface area contributed by atoms with Gasteiger partial charge in [0, 0.05) is 17.9 Å². The predicted octanol–water partition coefficient (Wildman–Crippen LogP) is 1.38. The summed E-state index contributed by atoms with van der Waals surface area (Å²) in [5, 5.41) is 16.1. The molecule has 0 radical (unpaired) electrons. The number of imidazole rings is 1. The molecule has 0 saturated carbocycles. The van der Waals surface area contributed by atoms with Gasteiger partial charge in [0.2, 0.25) is 0 Å². The van der Waals surface area contributed by atoms with Crippen LogP contribution in [0.1, 0.15) is 12.6 Å². The Balaban J connectivity index is 1.92. The molecule has 1 aliphatic rings. The average Bonchev–Trinajstić information content (AvgIpc) is 3.17. The van der Waals surface area contributed by atoms with Crippen molar-refractivity contribution in [3.63, 3.8) is 0 Å². The van der Waals surface area contributed by atoms with E-state index in [0.29, 0.717) is 29.9 Å². The molecule has 1 saturated heterocycles. The molecular weight excluding hydrogens is 300 g/mol. The molecule has 0 amide bonds. The highest BCUT2D eigenvalue weighted by Crippen LogP contribution is 2.33. The van der Waals surface area contributed by atoms with Crippen molar-refractivity contribution in [2.45, 2.75) is 24.8 Å². The van der Waals surface area contributed by atoms with Gasteiger partial charge in [0.1, 0.15) is 12.6 Å². The van der Waals surface area contributed by atoms with Crippen molar-refractivity contribution in [3.05, 3.63) is 35.8 Å². The molecule has 23 heavy (non-hydrogen) atoms. The lowest BCUT2D eigenvalue weighted by Gasteiger charge is -2.14. The summed E-state index contributed by atoms with van der Waals surface area (Å²) < 4.78 is 7.52. The van der Waals surface area contributed by atoms with Crippen LogP contribution in [0.3, 0.4) is 0 Å². The number of ether oxygens (including phenoxy) is 1. The molecule has 10 nitrogen and oxygen atoms in total. The molecule has 0 bridgehead atoms. The Morgan fingerprint density at radius 2 is 2.43 bits per heavy atom. The van der Waals surface area contributed by atoms with E-state index in [1.54, 1.807) is 17.0 Å². The van der Waals surface area contributed by atoms with Gasteiger partial charge in [-0.15, -0.1) is 6.58 Å². The van der Waals surface area contributed by atoms with E-state index >= 15 is 0 Å². The second-order valence-corrected chi connectivity index (χ2v) is 5.04. The molecule has 1 aliphatic heterocycles. The number of hydrogen-bond acceptors (Lipinski definition) is 7. The second kappa shape index (κ2) is 6.61. The lowest BCUT2D eigenvalue weighted by molar-refractivity contribution is -0.0233. The van der Waals surface area contributed by atoms with Crippen molar-refractivity contribution in [2.75, 3.05) is 18.5 Å². The van der Waals surface area contributed by atoms with Crippen molar-refractivity contribution in [2.24, 2.45) is 5.11 Å². The van der Waals surface area contributed by atoms with Crippen LogP contribution in [0.2, 0.25) is 0 Å². The molecule has 3 rings (SSSR count). The number of anilines is 1. The van der Waals surface area contributed by atoms with Crippen molar-refractivity contribution >= 4 is 17.0 Å². The van der Waals surface area contributed by atoms with Gasteiger partial charge in [-0.25, -0.2) is 15.0 Å². The molecule has 3 atom stereocenters. The average molecular weight is 316 g/mol. The van der Waals surface area contributed by atoms with Crippen LogP contribution in [-0.4, -0.2) is 49.9 Å². The summed E-state index contributed by atoms with van der Waals surface area (Å²) in [6.07, 6.45) is 4.27. The van der Waals surface area contributed by atoms with Gasteiger partial charge in [0.15, 0.2) is 17.0 Å². The number of aliphatic hydroxyl groups excluding tert-OH is 1. The van der Waals surface area contributed by atoms with E-state index in [1.165, 1.54) is 6.33 Å². The largest absolute Gasteiger partial charge is 0.394 e. The normalized spacial score (nSPS) is 23.6. The highest BCUT2D eigenvalue weighted by atomic mass is 16.5. The van der Waals surface area contributed by atoms with Crippen LogP contribution in [0.5, 0.6) is 0 Å². The fraction of sp³-hybridized carbons (Fsp3) is 0.462. The highest BCUT2D eigenvalue weighted by Gasteiger charge is 2.36. The molecule has 2 aromatic heterocycles. The number of nitrogens with one attached hydrogen (secondary N) is 1. The van der Waals surface area contributed by atoms with Gasteiger partial charge >= 0.3 is 0 Å². The Morgan fingerprint density at radius 1 is 1.57 bits per heavy atom. The molecule has 0 unspecified atom stereocenters. The third-order valence-electron chi connectivity index (χ3n) is 3.67. The van der Waals surface area contributed by atoms with Crippen LogP contribution < -0.4 is 5.32 Å². The predicted molar refractivity (Wildman–Crippen MR) is 82.6 cm³/mol. The number of fused-ring (bicyclic) bond motifs is 1. The summed E-state index contributed by atoms with van der Waals surface area (Å²) in [5.74, 6) is 0.608. The molecule has 2 N–H and O–H groups in total. The lowest BCUT2D eigenvalue weighted by Crippen LogP contribution is -2.22. The summed E-state index contributed by atoms with van der Waals surface area (Å²) in [5.41, 5.74) is 9.84. The Morgan fingerprint density at radius 3 is 3.17 bits per heavy atom. The number of hydrogen-bond donors (Lipinski definition) is 2. The van der Waals surface area contributed by atoms with Gasteiger partial charge in [-0.3, -0.25) is 4.57 Å². The van der Waals surface area contributed by atoms with E-state index in [1.807, 2.05) is 0 Å². The van der Waals surface area contributed by atoms with Crippen LogP contribution in [0.4, 0.5) is 5.82 Å². The minimum atomic E-state index is -0.534. The van der Waals surface area contributed by atoms with Crippen LogP contribution >= 0.6 is 0 Å². The Labute approximate surface area is 131 Å². The molecule has 0 aliphatic carbocycles. The molecular formula is C13H16N8O2. The van der Waals surface area contributed by atoms with Crippen LogP contribution in [0.25, 0.3) is 21.6 Å². The van der Waals surface area contributed by atoms with Gasteiger partial charge in [-0.2, -0.15) is 0 Å². The van der Waals surface area contributed by atoms with Crippen LogP contribution in [-0.2, 0) is 4.74 Å². The summed E-state index contributed by atoms with van der Waals surface area (Å²) in [6, 6.07) is -0.423. The number of aliphatic hydroxyl groups is 1. The maximum Gasteiger partial charge on any atom is 0.167 e. The number of azide groups is 1. The Kier molecular flexibility index (Phi) is 4.38. The monoisotopic (exact) mass is 316 g/mol. The number of aromatic nitrogens is 4. The van der Waals surface area contributed by atoms with Gasteiger partial charge in [-0.05, 0) is 5.53 Å². The van der Waals surface area contributed by atoms with Crippen molar-refractivity contribution in [3.8, 4) is 0 Å². The first-order chi connectivity index (χ1) is 11.3. The molecule has 1 fully saturated rings. The van der Waals surface area contributed by atoms with Gasteiger partial charge in [0.25, 0.3) is 0 Å². The smallest absolute Gasteiger partial charge is 0.167 e. The standard InChI is InChI=1S/C13H16N8O2/c1-2-3-15-12-11-13(17-6-16-12)21(7-18-11)10-4-8(19-20-14)9(5-22)23-10/h2,6-10,22H,1,3-5H2,(H,15,16,17)/t8-,9+,10+/m0/s1. The lowest BCUT2D eigenvalue weighted by atomic mass is 10.1. The first kappa shape index (κ1) is 15.2. The third kappa shape index (κ3) is 2.82. The zero-order chi connectivity index (χ0) is 16.2. The summed E-state index contributed by atoms with van der Waals surface area (Å²) >= 11 is 0. The van der Waals surface area contributed by atoms with E-state index in [-0.39, 0.29) is 6.61 Å². The summed E-state index contributed by atoms with van der Waals surface area (Å²) in [4.78, 5) is 15.6. The maximum atomic E-state index is 9.35. The molecule has 3 heterocycles. The zero-order valence-electron chi connectivity index (χ0n) is 12.3. The van der Waals surface area contributed by atoms with E-state index in [0.717, 1.165) is 0 Å². The molecule has 2 aromatic rings. The van der Waals surface area contributed by atoms with E-state index in [2.05, 4.69) is 36.9 Å². The molecule has 0 spiro atoms. The van der Waals surface area contributed by atoms with Crippen molar-refractivity contribution < 1.29 is 9.84 Å². The summed E-state index contributed by atoms with van der Waals surface area (Å²) in [7, 11) is 0. The molecule has 0 aromatic carbocycles. The number of nitrogens with zero attached hydrogens (tertiary/aromatic N) is 7. The van der Waals surface area contributed by atoms with E-state index < -0.39 is 18.4 Å². The van der Waals surface area contributed by atoms with Crippen LogP contribution in [0, 0.1) is 0 Å². The van der Waals surface area contributed by atoms with Crippen molar-refractivity contribution in [1.82, 2.24) is 19.5 Å². The summed E-state index contributed by atoms with van der Waals surface area (Å²) in [6.45, 7) is 4.00. The minimum Gasteiger partial charge on any atom is -0.394 e. The first-order valence-corrected chi connectivity index (χ1v) is 7.11. The number of rotatable bonds is 6. The van der Waals surface area contributed by atoms with Gasteiger partial charge in [0.05, 0.1) is 25.1 Å². The SMILES string of the molecule is C=CCNc1ncnc2c1ncn2[C@H]1C[C@H](N=[N+]=[N-])[C@@H](CO)O1. The van der Waals surface area contributed by atoms with Gasteiger partial charge in [-0.1, -0.05) is 11.2 Å². The zero-order valence-corrected chi connectivity index (χ0v) is 12.3. The second-order valence-electron chi connectivity index (χ2n) is 5.04. The Bertz CT molecular complexity index is 754. The Hall–Kier alpha value is -2.68. The van der Waals surface area contributed by atoms with E-state index in [4.69, 9.17) is 10.3 Å². The highest BCUT2D eigenvalue weighted by molar-refractivity contribution is 5.82. The first-order valence-electron chi connectivity index (χ1n) is 7.11. The third-order valence-corrected chi connectivity index (χ3v) is 3.67. The van der Waals surface area contributed by atoms with Crippen LogP contribution in [0.15, 0.2) is 30.4 Å². The quantitative estimate of drug-likeness (QED) is 0.358. The van der Waals surface area contributed by atoms with Gasteiger partial charge < -0.3 is 15.2 Å².